The smallest absolute Gasteiger partial charge is 0.133 e. The van der Waals surface area contributed by atoms with Crippen LogP contribution in [0, 0.1) is 0 Å². The van der Waals surface area contributed by atoms with Gasteiger partial charge in [-0.25, -0.2) is 0 Å². The Bertz CT molecular complexity index is 417. The predicted molar refractivity (Wildman–Crippen MR) is 85.1 cm³/mol. The van der Waals surface area contributed by atoms with Gasteiger partial charge in [-0.2, -0.15) is 0 Å². The number of benzene rings is 1. The zero-order valence-corrected chi connectivity index (χ0v) is 13.8. The number of ether oxygens (including phenoxy) is 1. The van der Waals surface area contributed by atoms with Crippen LogP contribution in [0.5, 0.6) is 5.75 Å². The normalized spacial score (nSPS) is 25.4. The maximum atomic E-state index is 10.2. The summed E-state index contributed by atoms with van der Waals surface area (Å²) in [5, 5.41) is 10.2. The first-order chi connectivity index (χ1) is 9.58. The van der Waals surface area contributed by atoms with E-state index in [9.17, 15) is 5.11 Å². The van der Waals surface area contributed by atoms with E-state index in [1.54, 1.807) is 0 Å². The van der Waals surface area contributed by atoms with Gasteiger partial charge in [-0.3, -0.25) is 4.90 Å². The highest BCUT2D eigenvalue weighted by Gasteiger charge is 2.26. The number of nitrogens with zero attached hydrogens (tertiary/aromatic N) is 1. The average molecular weight is 342 g/mol. The molecule has 1 N–H and O–H groups in total. The molecule has 0 aliphatic carbocycles. The van der Waals surface area contributed by atoms with Gasteiger partial charge in [-0.15, -0.1) is 0 Å². The average Bonchev–Trinajstić information content (AvgIpc) is 2.42. The fourth-order valence-electron chi connectivity index (χ4n) is 2.88. The van der Waals surface area contributed by atoms with Gasteiger partial charge in [-0.1, -0.05) is 18.6 Å². The molecule has 1 aliphatic heterocycles. The van der Waals surface area contributed by atoms with Crippen LogP contribution in [0.4, 0.5) is 0 Å². The second-order valence-electron chi connectivity index (χ2n) is 5.72. The van der Waals surface area contributed by atoms with Crippen molar-refractivity contribution in [2.45, 2.75) is 51.3 Å². The molecule has 0 amide bonds. The van der Waals surface area contributed by atoms with Crippen LogP contribution in [0.15, 0.2) is 28.7 Å². The molecule has 1 saturated heterocycles. The third kappa shape index (κ3) is 4.21. The Morgan fingerprint density at radius 2 is 1.95 bits per heavy atom. The van der Waals surface area contributed by atoms with Crippen molar-refractivity contribution >= 4 is 15.9 Å². The number of aliphatic hydroxyl groups excluding tert-OH is 1. The van der Waals surface area contributed by atoms with Gasteiger partial charge in [0.1, 0.15) is 18.5 Å². The molecule has 4 heteroatoms. The number of hydrogen-bond donors (Lipinski definition) is 1. The van der Waals surface area contributed by atoms with E-state index in [2.05, 4.69) is 34.7 Å². The monoisotopic (exact) mass is 341 g/mol. The highest BCUT2D eigenvalue weighted by atomic mass is 79.9. The Balaban J connectivity index is 1.83. The van der Waals surface area contributed by atoms with Crippen molar-refractivity contribution in [1.29, 1.82) is 0 Å². The second kappa shape index (κ2) is 7.43. The van der Waals surface area contributed by atoms with E-state index >= 15 is 0 Å². The fourth-order valence-corrected chi connectivity index (χ4v) is 3.28. The van der Waals surface area contributed by atoms with Gasteiger partial charge in [0.2, 0.25) is 0 Å². The lowest BCUT2D eigenvalue weighted by molar-refractivity contribution is 0.0207. The molecule has 1 aromatic carbocycles. The molecule has 2 rings (SSSR count). The molecular formula is C16H24BrNO2. The van der Waals surface area contributed by atoms with E-state index < -0.39 is 6.10 Å². The van der Waals surface area contributed by atoms with E-state index in [1.165, 1.54) is 19.3 Å². The summed E-state index contributed by atoms with van der Waals surface area (Å²) in [5.41, 5.74) is 0. The van der Waals surface area contributed by atoms with Crippen LogP contribution in [0.2, 0.25) is 0 Å². The molecule has 0 radical (unpaired) electrons. The maximum Gasteiger partial charge on any atom is 0.133 e. The van der Waals surface area contributed by atoms with E-state index in [-0.39, 0.29) is 0 Å². The quantitative estimate of drug-likeness (QED) is 0.890. The Labute approximate surface area is 130 Å². The summed E-state index contributed by atoms with van der Waals surface area (Å²) >= 11 is 3.45. The number of para-hydroxylation sites is 1. The maximum absolute atomic E-state index is 10.2. The molecule has 0 bridgehead atoms. The first-order valence-electron chi connectivity index (χ1n) is 7.39. The molecular weight excluding hydrogens is 318 g/mol. The van der Waals surface area contributed by atoms with Gasteiger partial charge in [0.05, 0.1) is 4.47 Å². The summed E-state index contributed by atoms with van der Waals surface area (Å²) in [6, 6.07) is 8.83. The molecule has 3 nitrogen and oxygen atoms in total. The number of halogens is 1. The van der Waals surface area contributed by atoms with Crippen LogP contribution < -0.4 is 4.74 Å². The minimum atomic E-state index is -0.454. The van der Waals surface area contributed by atoms with Crippen molar-refractivity contribution in [3.05, 3.63) is 28.7 Å². The highest BCUT2D eigenvalue weighted by molar-refractivity contribution is 9.10. The van der Waals surface area contributed by atoms with Crippen molar-refractivity contribution in [3.63, 3.8) is 0 Å². The lowest BCUT2D eigenvalue weighted by atomic mass is 9.97. The Morgan fingerprint density at radius 1 is 1.30 bits per heavy atom. The molecule has 0 saturated carbocycles. The van der Waals surface area contributed by atoms with Crippen molar-refractivity contribution in [1.82, 2.24) is 4.90 Å². The third-order valence-corrected chi connectivity index (χ3v) is 4.72. The largest absolute Gasteiger partial charge is 0.490 e. The molecule has 20 heavy (non-hydrogen) atoms. The van der Waals surface area contributed by atoms with Gasteiger partial charge >= 0.3 is 0 Å². The molecule has 1 fully saturated rings. The summed E-state index contributed by atoms with van der Waals surface area (Å²) in [6.07, 6.45) is 3.29. The van der Waals surface area contributed by atoms with Crippen molar-refractivity contribution in [2.24, 2.45) is 0 Å². The Kier molecular flexibility index (Phi) is 5.87. The Hall–Kier alpha value is -0.580. The van der Waals surface area contributed by atoms with Crippen molar-refractivity contribution < 1.29 is 9.84 Å². The Morgan fingerprint density at radius 3 is 2.60 bits per heavy atom. The van der Waals surface area contributed by atoms with Crippen LogP contribution in [0.1, 0.15) is 33.1 Å². The number of rotatable bonds is 5. The van der Waals surface area contributed by atoms with E-state index in [4.69, 9.17) is 4.74 Å². The van der Waals surface area contributed by atoms with Crippen LogP contribution in [0.25, 0.3) is 0 Å². The zero-order valence-electron chi connectivity index (χ0n) is 12.3. The lowest BCUT2D eigenvalue weighted by Crippen LogP contribution is -2.48. The van der Waals surface area contributed by atoms with Gasteiger partial charge in [0.25, 0.3) is 0 Å². The van der Waals surface area contributed by atoms with Crippen molar-refractivity contribution in [3.8, 4) is 5.75 Å². The molecule has 0 unspecified atom stereocenters. The summed E-state index contributed by atoms with van der Waals surface area (Å²) in [7, 11) is 0. The van der Waals surface area contributed by atoms with Crippen LogP contribution in [-0.2, 0) is 0 Å². The van der Waals surface area contributed by atoms with Crippen molar-refractivity contribution in [2.75, 3.05) is 13.2 Å². The summed E-state index contributed by atoms with van der Waals surface area (Å²) in [4.78, 5) is 2.40. The standard InChI is InChI=1S/C16H24BrNO2/c1-12-6-5-7-13(2)18(12)10-14(19)11-20-16-9-4-3-8-15(16)17/h3-4,8-9,12-14,19H,5-7,10-11H2,1-2H3/t12-,13+,14-/m0/s1. The van der Waals surface area contributed by atoms with E-state index in [0.29, 0.717) is 25.2 Å². The predicted octanol–water partition coefficient (Wildman–Crippen LogP) is 3.45. The van der Waals surface area contributed by atoms with Crippen LogP contribution in [0.3, 0.4) is 0 Å². The highest BCUT2D eigenvalue weighted by Crippen LogP contribution is 2.25. The van der Waals surface area contributed by atoms with Crippen LogP contribution >= 0.6 is 15.9 Å². The SMILES string of the molecule is C[C@@H]1CCC[C@H](C)N1C[C@H](O)COc1ccccc1Br. The van der Waals surface area contributed by atoms with Gasteiger partial charge in [0.15, 0.2) is 0 Å². The molecule has 3 atom stereocenters. The lowest BCUT2D eigenvalue weighted by Gasteiger charge is -2.40. The molecule has 1 aliphatic rings. The van der Waals surface area contributed by atoms with Gasteiger partial charge < -0.3 is 9.84 Å². The number of likely N-dealkylation sites (tertiary alicyclic amines) is 1. The van der Waals surface area contributed by atoms with E-state index in [1.807, 2.05) is 24.3 Å². The zero-order chi connectivity index (χ0) is 14.5. The summed E-state index contributed by atoms with van der Waals surface area (Å²) in [6.45, 7) is 5.51. The third-order valence-electron chi connectivity index (χ3n) is 4.07. The second-order valence-corrected chi connectivity index (χ2v) is 6.58. The van der Waals surface area contributed by atoms with Crippen LogP contribution in [-0.4, -0.2) is 41.3 Å². The molecule has 0 spiro atoms. The number of hydrogen-bond acceptors (Lipinski definition) is 3. The minimum absolute atomic E-state index is 0.332. The fraction of sp³-hybridized carbons (Fsp3) is 0.625. The van der Waals surface area contributed by atoms with E-state index in [0.717, 1.165) is 10.2 Å². The number of piperidine rings is 1. The first kappa shape index (κ1) is 15.8. The summed E-state index contributed by atoms with van der Waals surface area (Å²) in [5.74, 6) is 0.784. The number of aliphatic hydroxyl groups is 1. The minimum Gasteiger partial charge on any atom is -0.490 e. The molecule has 1 heterocycles. The number of β-amino-alcohol motifs (C(OH)–C–C–N with tert-alkyl or cyclic N) is 1. The first-order valence-corrected chi connectivity index (χ1v) is 8.18. The molecule has 112 valence electrons. The topological polar surface area (TPSA) is 32.7 Å². The molecule has 1 aromatic rings. The van der Waals surface area contributed by atoms with Gasteiger partial charge in [0, 0.05) is 18.6 Å². The molecule has 0 aromatic heterocycles. The summed E-state index contributed by atoms with van der Waals surface area (Å²) < 4.78 is 6.61. The van der Waals surface area contributed by atoms with Gasteiger partial charge in [-0.05, 0) is 54.8 Å².